The number of nitrogens with zero attached hydrogens (tertiary/aromatic N) is 1. The van der Waals surface area contributed by atoms with Crippen LogP contribution in [0, 0.1) is 25.5 Å². The topological polar surface area (TPSA) is 12.9 Å². The van der Waals surface area contributed by atoms with Crippen LogP contribution >= 0.6 is 0 Å². The number of pyridine rings is 1. The van der Waals surface area contributed by atoms with E-state index in [4.69, 9.17) is 0 Å². The highest BCUT2D eigenvalue weighted by atomic mass is 19.1. The smallest absolute Gasteiger partial charge is 0.135 e. The van der Waals surface area contributed by atoms with Crippen molar-refractivity contribution in [3.8, 4) is 33.5 Å². The zero-order valence-corrected chi connectivity index (χ0v) is 20.4. The lowest BCUT2D eigenvalue weighted by Crippen LogP contribution is -1.96. The first kappa shape index (κ1) is 23.6. The Kier molecular flexibility index (Phi) is 6.73. The normalized spacial score (nSPS) is 11.0. The molecular weight excluding hydrogens is 448 g/mol. The molecule has 0 saturated carbocycles. The molecule has 1 heterocycles. The molecule has 1 aromatic heterocycles. The predicted molar refractivity (Wildman–Crippen MR) is 144 cm³/mol. The van der Waals surface area contributed by atoms with Gasteiger partial charge in [0, 0.05) is 17.8 Å². The first-order valence-electron chi connectivity index (χ1n) is 12.1. The van der Waals surface area contributed by atoms with Gasteiger partial charge in [0.15, 0.2) is 0 Å². The van der Waals surface area contributed by atoms with Crippen LogP contribution in [0.5, 0.6) is 0 Å². The van der Waals surface area contributed by atoms with Gasteiger partial charge in [0.05, 0.1) is 5.69 Å². The second-order valence-electron chi connectivity index (χ2n) is 9.33. The van der Waals surface area contributed by atoms with Crippen molar-refractivity contribution in [3.05, 3.63) is 137 Å². The van der Waals surface area contributed by atoms with Gasteiger partial charge in [-0.15, -0.1) is 0 Å². The van der Waals surface area contributed by atoms with Crippen LogP contribution in [-0.4, -0.2) is 4.98 Å². The van der Waals surface area contributed by atoms with Crippen molar-refractivity contribution in [2.75, 3.05) is 0 Å². The monoisotopic (exact) mass is 475 g/mol. The van der Waals surface area contributed by atoms with E-state index >= 15 is 0 Å². The maximum Gasteiger partial charge on any atom is 0.135 e. The summed E-state index contributed by atoms with van der Waals surface area (Å²) in [7, 11) is 0. The number of rotatable bonds is 6. The molecule has 5 rings (SSSR count). The molecule has 5 aromatic rings. The summed E-state index contributed by atoms with van der Waals surface area (Å²) >= 11 is 0. The van der Waals surface area contributed by atoms with Crippen LogP contribution < -0.4 is 0 Å². The van der Waals surface area contributed by atoms with Gasteiger partial charge < -0.3 is 0 Å². The molecule has 0 bridgehead atoms. The molecule has 0 aliphatic heterocycles. The van der Waals surface area contributed by atoms with Gasteiger partial charge in [-0.3, -0.25) is 4.98 Å². The van der Waals surface area contributed by atoms with E-state index in [1.54, 1.807) is 12.3 Å². The largest absolute Gasteiger partial charge is 0.256 e. The lowest BCUT2D eigenvalue weighted by molar-refractivity contribution is 0.585. The van der Waals surface area contributed by atoms with Crippen molar-refractivity contribution < 1.29 is 8.78 Å². The summed E-state index contributed by atoms with van der Waals surface area (Å²) in [6.07, 6.45) is 3.44. The van der Waals surface area contributed by atoms with Crippen molar-refractivity contribution in [1.29, 1.82) is 0 Å². The number of aromatic nitrogens is 1. The fraction of sp³-hybridized carbons (Fsp3) is 0.121. The summed E-state index contributed by atoms with van der Waals surface area (Å²) in [5.41, 5.74) is 10.4. The fourth-order valence-electron chi connectivity index (χ4n) is 4.38. The van der Waals surface area contributed by atoms with Crippen LogP contribution in [0.1, 0.15) is 22.3 Å². The van der Waals surface area contributed by atoms with Gasteiger partial charge in [0.2, 0.25) is 0 Å². The number of aryl methyl sites for hydroxylation is 4. The van der Waals surface area contributed by atoms with E-state index in [0.717, 1.165) is 24.5 Å². The van der Waals surface area contributed by atoms with Crippen molar-refractivity contribution in [2.24, 2.45) is 0 Å². The average molecular weight is 476 g/mol. The Morgan fingerprint density at radius 1 is 0.556 bits per heavy atom. The van der Waals surface area contributed by atoms with Crippen LogP contribution in [-0.2, 0) is 12.8 Å². The molecule has 0 spiro atoms. The van der Waals surface area contributed by atoms with Crippen LogP contribution in [0.25, 0.3) is 33.5 Å². The Labute approximate surface area is 211 Å². The van der Waals surface area contributed by atoms with Crippen LogP contribution in [0.2, 0.25) is 0 Å². The molecule has 0 aliphatic carbocycles. The summed E-state index contributed by atoms with van der Waals surface area (Å²) < 4.78 is 27.4. The predicted octanol–water partition coefficient (Wildman–Crippen LogP) is 8.76. The lowest BCUT2D eigenvalue weighted by atomic mass is 9.93. The minimum atomic E-state index is -0.605. The third-order valence-corrected chi connectivity index (χ3v) is 6.50. The summed E-state index contributed by atoms with van der Waals surface area (Å²) in [5.74, 6) is -1.20. The number of halogens is 2. The van der Waals surface area contributed by atoms with E-state index in [-0.39, 0.29) is 0 Å². The molecule has 0 unspecified atom stereocenters. The molecule has 3 heteroatoms. The van der Waals surface area contributed by atoms with Crippen molar-refractivity contribution in [1.82, 2.24) is 4.98 Å². The second kappa shape index (κ2) is 10.2. The van der Waals surface area contributed by atoms with Gasteiger partial charge in [-0.25, -0.2) is 8.78 Å². The van der Waals surface area contributed by atoms with Crippen LogP contribution in [0.4, 0.5) is 8.78 Å². The molecule has 0 fully saturated rings. The number of benzene rings is 4. The van der Waals surface area contributed by atoms with Crippen molar-refractivity contribution >= 4 is 0 Å². The lowest BCUT2D eigenvalue weighted by Gasteiger charge is -2.12. The van der Waals surface area contributed by atoms with Crippen molar-refractivity contribution in [2.45, 2.75) is 26.7 Å². The van der Waals surface area contributed by atoms with Crippen LogP contribution in [0.15, 0.2) is 103 Å². The van der Waals surface area contributed by atoms with Gasteiger partial charge in [0.1, 0.15) is 11.6 Å². The quantitative estimate of drug-likeness (QED) is 0.239. The van der Waals surface area contributed by atoms with Gasteiger partial charge in [-0.2, -0.15) is 0 Å². The van der Waals surface area contributed by atoms with Crippen molar-refractivity contribution in [3.63, 3.8) is 0 Å². The second-order valence-corrected chi connectivity index (χ2v) is 9.33. The third-order valence-electron chi connectivity index (χ3n) is 6.50. The summed E-state index contributed by atoms with van der Waals surface area (Å²) in [5, 5.41) is 0. The summed E-state index contributed by atoms with van der Waals surface area (Å²) in [6, 6.07) is 31.4. The van der Waals surface area contributed by atoms with E-state index < -0.39 is 11.6 Å². The molecule has 0 N–H and O–H groups in total. The average Bonchev–Trinajstić information content (AvgIpc) is 2.89. The van der Waals surface area contributed by atoms with E-state index in [1.165, 1.54) is 51.1 Å². The maximum absolute atomic E-state index is 14.1. The highest BCUT2D eigenvalue weighted by molar-refractivity contribution is 5.74. The molecule has 0 amide bonds. The van der Waals surface area contributed by atoms with Crippen LogP contribution in [0.3, 0.4) is 0 Å². The first-order valence-corrected chi connectivity index (χ1v) is 12.1. The SMILES string of the molecule is Cc1ccc(-c2cc(CCc3ccc(-c4ccc(F)cc4F)nc3)cc(-c3ccc(C)cc3)c2)cc1. The van der Waals surface area contributed by atoms with E-state index in [0.29, 0.717) is 11.3 Å². The third kappa shape index (κ3) is 5.41. The molecule has 1 nitrogen and oxygen atoms in total. The Bertz CT molecular complexity index is 1420. The Hall–Kier alpha value is -4.11. The standard InChI is InChI=1S/C33H27F2N/c1-22-3-10-26(11-4-22)28-17-25(18-29(19-28)27-12-5-23(2)6-13-27)8-7-24-9-16-33(36-21-24)31-15-14-30(34)20-32(31)35/h3-6,9-21H,7-8H2,1-2H3. The minimum Gasteiger partial charge on any atom is -0.256 e. The van der Waals surface area contributed by atoms with Gasteiger partial charge in [-0.1, -0.05) is 77.9 Å². The highest BCUT2D eigenvalue weighted by Gasteiger charge is 2.09. The van der Waals surface area contributed by atoms with Gasteiger partial charge in [0.25, 0.3) is 0 Å². The Morgan fingerprint density at radius 3 is 1.67 bits per heavy atom. The fourth-order valence-corrected chi connectivity index (χ4v) is 4.38. The zero-order chi connectivity index (χ0) is 25.1. The maximum atomic E-state index is 14.1. The molecule has 0 radical (unpaired) electrons. The van der Waals surface area contributed by atoms with Gasteiger partial charge in [-0.05, 0) is 84.3 Å². The van der Waals surface area contributed by atoms with Gasteiger partial charge >= 0.3 is 0 Å². The van der Waals surface area contributed by atoms with E-state index in [9.17, 15) is 8.78 Å². The van der Waals surface area contributed by atoms with E-state index in [1.807, 2.05) is 6.07 Å². The van der Waals surface area contributed by atoms with E-state index in [2.05, 4.69) is 85.6 Å². The molecule has 36 heavy (non-hydrogen) atoms. The summed E-state index contributed by atoms with van der Waals surface area (Å²) in [6.45, 7) is 4.20. The summed E-state index contributed by atoms with van der Waals surface area (Å²) in [4.78, 5) is 4.44. The highest BCUT2D eigenvalue weighted by Crippen LogP contribution is 2.30. The molecule has 4 aromatic carbocycles. The Balaban J connectivity index is 1.41. The molecule has 178 valence electrons. The first-order chi connectivity index (χ1) is 17.4. The molecule has 0 atom stereocenters. The Morgan fingerprint density at radius 2 is 1.14 bits per heavy atom. The minimum absolute atomic E-state index is 0.302. The zero-order valence-electron chi connectivity index (χ0n) is 20.4. The number of hydrogen-bond acceptors (Lipinski definition) is 1. The molecular formula is C33H27F2N. The molecule has 0 aliphatic rings. The number of hydrogen-bond donors (Lipinski definition) is 0. The molecule has 0 saturated heterocycles.